The van der Waals surface area contributed by atoms with Crippen molar-refractivity contribution >= 4 is 79.1 Å². The van der Waals surface area contributed by atoms with E-state index in [1.165, 1.54) is 16.0 Å². The van der Waals surface area contributed by atoms with Gasteiger partial charge in [-0.3, -0.25) is 34.4 Å². The van der Waals surface area contributed by atoms with Gasteiger partial charge >= 0.3 is 18.2 Å². The van der Waals surface area contributed by atoms with E-state index in [9.17, 15) is 24.3 Å². The van der Waals surface area contributed by atoms with Crippen molar-refractivity contribution in [3.05, 3.63) is 143 Å². The summed E-state index contributed by atoms with van der Waals surface area (Å²) in [5.74, 6) is -0.756. The smallest absolute Gasteiger partial charge is 0.411 e. The van der Waals surface area contributed by atoms with Gasteiger partial charge in [0.25, 0.3) is 0 Å². The molecule has 77 heavy (non-hydrogen) atoms. The number of likely N-dealkylation sites (tertiary alicyclic amines) is 1. The average Bonchev–Trinajstić information content (AvgIpc) is 3.80. The molecule has 5 aliphatic rings. The lowest BCUT2D eigenvalue weighted by atomic mass is 9.94. The fourth-order valence-electron chi connectivity index (χ4n) is 11.5. The molecule has 6 heterocycles. The average molecular weight is 1220 g/mol. The van der Waals surface area contributed by atoms with Crippen LogP contribution in [0.15, 0.2) is 88.6 Å². The second-order valence-electron chi connectivity index (χ2n) is 22.6. The molecule has 3 fully saturated rings. The van der Waals surface area contributed by atoms with Crippen molar-refractivity contribution in [3.8, 4) is 0 Å². The van der Waals surface area contributed by atoms with E-state index in [-0.39, 0.29) is 31.1 Å². The third-order valence-corrected chi connectivity index (χ3v) is 16.2. The molecule has 3 aliphatic heterocycles. The fraction of sp³-hybridized carbons (Fsp3) is 0.491. The number of hydrogen-bond acceptors (Lipinski definition) is 11. The Morgan fingerprint density at radius 1 is 0.662 bits per heavy atom. The predicted octanol–water partition coefficient (Wildman–Crippen LogP) is 10.4. The van der Waals surface area contributed by atoms with Crippen LogP contribution in [-0.4, -0.2) is 149 Å². The number of aromatic nitrogens is 4. The number of carboxylic acid groups (broad SMARTS) is 1. The predicted molar refractivity (Wildman–Crippen MR) is 301 cm³/mol. The van der Waals surface area contributed by atoms with Crippen LogP contribution in [0.5, 0.6) is 0 Å². The number of amides is 3. The van der Waals surface area contributed by atoms with Crippen molar-refractivity contribution in [2.75, 3.05) is 52.4 Å². The first-order chi connectivity index (χ1) is 36.6. The Balaban J connectivity index is 0.000000196. The number of carboxylic acids is 1. The van der Waals surface area contributed by atoms with Gasteiger partial charge in [0, 0.05) is 103 Å². The second kappa shape index (κ2) is 23.7. The van der Waals surface area contributed by atoms with Crippen molar-refractivity contribution in [3.63, 3.8) is 0 Å². The highest BCUT2D eigenvalue weighted by Crippen LogP contribution is 2.41. The van der Waals surface area contributed by atoms with Crippen molar-refractivity contribution in [1.29, 1.82) is 0 Å². The van der Waals surface area contributed by atoms with Gasteiger partial charge in [-0.1, -0.05) is 35.3 Å². The number of piperazine rings is 2. The summed E-state index contributed by atoms with van der Waals surface area (Å²) in [7, 11) is 0. The molecular weight excluding hydrogens is 1150 g/mol. The van der Waals surface area contributed by atoms with E-state index in [4.69, 9.17) is 42.6 Å². The number of piperidine rings is 1. The minimum atomic E-state index is -1.06. The fourth-order valence-corrected chi connectivity index (χ4v) is 12.6. The molecule has 3 amide bonds. The Hall–Kier alpha value is -5.11. The van der Waals surface area contributed by atoms with Crippen LogP contribution in [-0.2, 0) is 51.3 Å². The van der Waals surface area contributed by atoms with Gasteiger partial charge in [-0.15, -0.1) is 0 Å². The van der Waals surface area contributed by atoms with Gasteiger partial charge in [-0.25, -0.2) is 19.4 Å². The molecule has 0 radical (unpaired) electrons. The number of aryl methyl sites for hydroxylation is 4. The summed E-state index contributed by atoms with van der Waals surface area (Å²) < 4.78 is 15.2. The Kier molecular flexibility index (Phi) is 17.4. The summed E-state index contributed by atoms with van der Waals surface area (Å²) in [6, 6.07) is 14.1. The quantitative estimate of drug-likeness (QED) is 0.171. The SMILES string of the molecule is CC(C)(C)OC(=O)N1CCN(C2c3ccc(Cl)cc3CCc3cc(Br)cnc32)C[C@@H]1C(=O)N1CCC[C@H](Cn2ccnc2)C1.CC(C)(C)OC(=O)N1CCN(C2c3ccc(Cl)cc3CCc3cc(Br)cnc32)C[C@@H]1C(=O)O. The van der Waals surface area contributed by atoms with Gasteiger partial charge in [0.1, 0.15) is 23.3 Å². The number of benzene rings is 2. The molecule has 16 nitrogen and oxygen atoms in total. The molecule has 2 aromatic carbocycles. The number of ether oxygens (including phenoxy) is 2. The molecule has 2 unspecified atom stereocenters. The maximum absolute atomic E-state index is 14.4. The number of imidazole rings is 1. The zero-order chi connectivity index (χ0) is 54.9. The highest BCUT2D eigenvalue weighted by molar-refractivity contribution is 9.10. The molecular formula is C57H67Br2Cl2N9O7. The molecule has 0 bridgehead atoms. The summed E-state index contributed by atoms with van der Waals surface area (Å²) in [5.41, 5.74) is 7.36. The van der Waals surface area contributed by atoms with E-state index in [0.29, 0.717) is 55.2 Å². The van der Waals surface area contributed by atoms with Gasteiger partial charge in [-0.2, -0.15) is 0 Å². The van der Waals surface area contributed by atoms with E-state index in [2.05, 4.69) is 75.5 Å². The summed E-state index contributed by atoms with van der Waals surface area (Å²) in [6.07, 6.45) is 13.4. The topological polar surface area (TPSA) is 167 Å². The number of carbonyl (C=O) groups is 4. The number of rotatable bonds is 6. The number of pyridine rings is 2. The van der Waals surface area contributed by atoms with Crippen LogP contribution in [0.3, 0.4) is 0 Å². The van der Waals surface area contributed by atoms with Gasteiger partial charge in [-0.05, 0) is 188 Å². The van der Waals surface area contributed by atoms with E-state index >= 15 is 0 Å². The number of fused-ring (bicyclic) bond motifs is 4. The van der Waals surface area contributed by atoms with Gasteiger partial charge < -0.3 is 24.0 Å². The minimum absolute atomic E-state index is 0.0233. The Bertz CT molecular complexity index is 2880. The zero-order valence-electron chi connectivity index (χ0n) is 44.4. The monoisotopic (exact) mass is 1220 g/mol. The molecule has 2 aliphatic carbocycles. The third kappa shape index (κ3) is 13.5. The van der Waals surface area contributed by atoms with Gasteiger partial charge in [0.05, 0.1) is 29.8 Å². The van der Waals surface area contributed by atoms with Crippen LogP contribution in [0.1, 0.15) is 111 Å². The molecule has 0 spiro atoms. The Morgan fingerprint density at radius 2 is 1.16 bits per heavy atom. The van der Waals surface area contributed by atoms with Crippen LogP contribution in [0.4, 0.5) is 9.59 Å². The van der Waals surface area contributed by atoms with E-state index in [1.807, 2.05) is 68.7 Å². The van der Waals surface area contributed by atoms with Gasteiger partial charge in [0.2, 0.25) is 5.91 Å². The van der Waals surface area contributed by atoms with E-state index in [1.54, 1.807) is 38.1 Å². The highest BCUT2D eigenvalue weighted by atomic mass is 79.9. The molecule has 10 rings (SSSR count). The maximum atomic E-state index is 14.4. The van der Waals surface area contributed by atoms with E-state index < -0.39 is 41.4 Å². The first-order valence-corrected chi connectivity index (χ1v) is 28.7. The van der Waals surface area contributed by atoms with Gasteiger partial charge in [0.15, 0.2) is 0 Å². The van der Waals surface area contributed by atoms with Crippen molar-refractivity contribution in [1.82, 2.24) is 44.0 Å². The van der Waals surface area contributed by atoms with Crippen LogP contribution in [0.25, 0.3) is 0 Å². The first-order valence-electron chi connectivity index (χ1n) is 26.4. The van der Waals surface area contributed by atoms with Crippen molar-refractivity contribution in [2.45, 2.75) is 122 Å². The summed E-state index contributed by atoms with van der Waals surface area (Å²) >= 11 is 19.9. The standard InChI is InChI=1S/C33H40BrClN6O3.C24H27BrClN3O4/c1-33(2,3)44-32(43)41-14-13-39(20-28(41)31(42)40-11-4-5-22(19-40)18-38-12-10-36-21-38)30-27-9-8-26(35)16-23(27)6-7-24-15-25(34)17-37-29(24)30;1-24(2,3)33-23(32)29-9-8-28(13-19(29)22(30)31)21-18-7-6-17(26)11-14(18)4-5-15-10-16(25)12-27-20(15)21/h8-10,12,15-17,21-22,28,30H,4-7,11,13-14,18-20H2,1-3H3;6-7,10-12,19,21H,4-5,8-9,13H2,1-3H3,(H,30,31)/t22-,28-,30?;19-,21?/m11/s1. The molecule has 3 aromatic heterocycles. The number of carbonyl (C=O) groups excluding carboxylic acids is 3. The Morgan fingerprint density at radius 3 is 1.64 bits per heavy atom. The number of halogens is 4. The summed E-state index contributed by atoms with van der Waals surface area (Å²) in [5, 5.41) is 11.4. The largest absolute Gasteiger partial charge is 0.480 e. The summed E-state index contributed by atoms with van der Waals surface area (Å²) in [4.78, 5) is 76.2. The molecule has 5 atom stereocenters. The lowest BCUT2D eigenvalue weighted by Crippen LogP contribution is -2.63. The molecule has 3 saturated heterocycles. The minimum Gasteiger partial charge on any atom is -0.480 e. The normalized spacial score (nSPS) is 21.9. The third-order valence-electron chi connectivity index (χ3n) is 14.8. The van der Waals surface area contributed by atoms with Crippen LogP contribution < -0.4 is 0 Å². The Labute approximate surface area is 477 Å². The number of hydrogen-bond donors (Lipinski definition) is 1. The maximum Gasteiger partial charge on any atom is 0.411 e. The number of aliphatic carboxylic acids is 1. The lowest BCUT2D eigenvalue weighted by Gasteiger charge is -2.46. The molecule has 5 aromatic rings. The number of nitrogens with zero attached hydrogens (tertiary/aromatic N) is 9. The molecule has 0 saturated carbocycles. The second-order valence-corrected chi connectivity index (χ2v) is 25.4. The first kappa shape index (κ1) is 56.6. The molecule has 410 valence electrons. The summed E-state index contributed by atoms with van der Waals surface area (Å²) in [6.45, 7) is 15.3. The van der Waals surface area contributed by atoms with Crippen LogP contribution in [0, 0.1) is 5.92 Å². The molecule has 1 N–H and O–H groups in total. The highest BCUT2D eigenvalue weighted by Gasteiger charge is 2.45. The van der Waals surface area contributed by atoms with Crippen molar-refractivity contribution < 1.29 is 33.8 Å². The molecule has 20 heteroatoms. The van der Waals surface area contributed by atoms with E-state index in [0.717, 1.165) is 87.7 Å². The van der Waals surface area contributed by atoms with Crippen LogP contribution >= 0.6 is 55.1 Å². The van der Waals surface area contributed by atoms with Crippen LogP contribution in [0.2, 0.25) is 10.0 Å². The lowest BCUT2D eigenvalue weighted by molar-refractivity contribution is -0.146. The zero-order valence-corrected chi connectivity index (χ0v) is 49.1. The van der Waals surface area contributed by atoms with Crippen molar-refractivity contribution in [2.24, 2.45) is 5.92 Å².